The molecule has 1 atom stereocenters. The van der Waals surface area contributed by atoms with E-state index in [1.165, 1.54) is 0 Å². The molecule has 1 unspecified atom stereocenters. The van der Waals surface area contributed by atoms with Crippen LogP contribution in [0.25, 0.3) is 0 Å². The van der Waals surface area contributed by atoms with E-state index in [-0.39, 0.29) is 6.04 Å². The van der Waals surface area contributed by atoms with Crippen LogP contribution in [-0.2, 0) is 6.54 Å². The largest absolute Gasteiger partial charge is 0.448 e. The second kappa shape index (κ2) is 4.51. The van der Waals surface area contributed by atoms with Crippen LogP contribution >= 0.6 is 11.6 Å². The van der Waals surface area contributed by atoms with Crippen LogP contribution in [-0.4, -0.2) is 10.2 Å². The molecule has 15 heavy (non-hydrogen) atoms. The summed E-state index contributed by atoms with van der Waals surface area (Å²) in [5.74, 6) is 0.829. The van der Waals surface area contributed by atoms with E-state index in [2.05, 4.69) is 22.4 Å². The van der Waals surface area contributed by atoms with Gasteiger partial charge < -0.3 is 9.73 Å². The standard InChI is InChI=1S/C10H12ClN3O/c1-7(8-4-13-14-5-8)12-6-9-2-3-10(11)15-9/h2-5,7,12H,6H2,1H3,(H,13,14). The molecule has 2 aromatic rings. The second-order valence-electron chi connectivity index (χ2n) is 3.34. The highest BCUT2D eigenvalue weighted by Crippen LogP contribution is 2.15. The normalized spacial score (nSPS) is 12.9. The summed E-state index contributed by atoms with van der Waals surface area (Å²) in [6, 6.07) is 3.83. The molecule has 5 heteroatoms. The average Bonchev–Trinajstić information content (AvgIpc) is 2.84. The fourth-order valence-electron chi connectivity index (χ4n) is 1.32. The average molecular weight is 226 g/mol. The molecule has 4 nitrogen and oxygen atoms in total. The van der Waals surface area contributed by atoms with Gasteiger partial charge in [-0.25, -0.2) is 0 Å². The minimum atomic E-state index is 0.229. The maximum atomic E-state index is 5.67. The number of aromatic amines is 1. The maximum Gasteiger partial charge on any atom is 0.193 e. The molecule has 2 rings (SSSR count). The first-order chi connectivity index (χ1) is 7.25. The van der Waals surface area contributed by atoms with Crippen LogP contribution in [0.5, 0.6) is 0 Å². The van der Waals surface area contributed by atoms with Gasteiger partial charge in [-0.1, -0.05) is 0 Å². The summed E-state index contributed by atoms with van der Waals surface area (Å²) in [6.07, 6.45) is 3.67. The third kappa shape index (κ3) is 2.61. The van der Waals surface area contributed by atoms with E-state index < -0.39 is 0 Å². The lowest BCUT2D eigenvalue weighted by Gasteiger charge is -2.09. The summed E-state index contributed by atoms with van der Waals surface area (Å²) in [7, 11) is 0. The van der Waals surface area contributed by atoms with Gasteiger partial charge in [0.2, 0.25) is 0 Å². The number of nitrogens with one attached hydrogen (secondary N) is 2. The number of halogens is 1. The highest BCUT2D eigenvalue weighted by Gasteiger charge is 2.06. The van der Waals surface area contributed by atoms with Gasteiger partial charge in [-0.05, 0) is 30.7 Å². The lowest BCUT2D eigenvalue weighted by Crippen LogP contribution is -2.17. The van der Waals surface area contributed by atoms with Crippen LogP contribution in [0.3, 0.4) is 0 Å². The van der Waals surface area contributed by atoms with Crippen LogP contribution in [0, 0.1) is 0 Å². The zero-order valence-electron chi connectivity index (χ0n) is 8.33. The summed E-state index contributed by atoms with van der Waals surface area (Å²) >= 11 is 5.67. The van der Waals surface area contributed by atoms with Crippen LogP contribution in [0.4, 0.5) is 0 Å². The molecule has 0 saturated carbocycles. The quantitative estimate of drug-likeness (QED) is 0.841. The molecular formula is C10H12ClN3O. The van der Waals surface area contributed by atoms with E-state index in [1.54, 1.807) is 12.3 Å². The van der Waals surface area contributed by atoms with Crippen LogP contribution in [0.15, 0.2) is 28.9 Å². The van der Waals surface area contributed by atoms with Crippen molar-refractivity contribution in [2.75, 3.05) is 0 Å². The van der Waals surface area contributed by atoms with Crippen LogP contribution in [0.2, 0.25) is 5.22 Å². The third-order valence-electron chi connectivity index (χ3n) is 2.23. The first-order valence-corrected chi connectivity index (χ1v) is 5.10. The Kier molecular flexibility index (Phi) is 3.08. The van der Waals surface area contributed by atoms with Gasteiger partial charge in [0, 0.05) is 17.8 Å². The highest BCUT2D eigenvalue weighted by atomic mass is 35.5. The fraction of sp³-hybridized carbons (Fsp3) is 0.300. The van der Waals surface area contributed by atoms with E-state index in [0.29, 0.717) is 11.8 Å². The molecule has 0 aliphatic carbocycles. The molecule has 0 aliphatic heterocycles. The van der Waals surface area contributed by atoms with Gasteiger partial charge in [0.1, 0.15) is 5.76 Å². The molecule has 0 bridgehead atoms. The van der Waals surface area contributed by atoms with Crippen molar-refractivity contribution >= 4 is 11.6 Å². The predicted octanol–water partition coefficient (Wildman–Crippen LogP) is 2.51. The van der Waals surface area contributed by atoms with Gasteiger partial charge in [-0.2, -0.15) is 5.10 Å². The first kappa shape index (κ1) is 10.3. The Bertz CT molecular complexity index is 410. The predicted molar refractivity (Wildman–Crippen MR) is 57.6 cm³/mol. The second-order valence-corrected chi connectivity index (χ2v) is 3.71. The molecule has 2 N–H and O–H groups in total. The minimum absolute atomic E-state index is 0.229. The topological polar surface area (TPSA) is 53.9 Å². The third-order valence-corrected chi connectivity index (χ3v) is 2.43. The summed E-state index contributed by atoms with van der Waals surface area (Å²) in [6.45, 7) is 2.72. The lowest BCUT2D eigenvalue weighted by molar-refractivity contribution is 0.462. The summed E-state index contributed by atoms with van der Waals surface area (Å²) < 4.78 is 5.23. The van der Waals surface area contributed by atoms with Gasteiger partial charge in [0.05, 0.1) is 12.7 Å². The van der Waals surface area contributed by atoms with Crippen molar-refractivity contribution in [2.24, 2.45) is 0 Å². The molecule has 0 aromatic carbocycles. The molecule has 0 amide bonds. The van der Waals surface area contributed by atoms with Gasteiger partial charge >= 0.3 is 0 Å². The molecule has 2 heterocycles. The first-order valence-electron chi connectivity index (χ1n) is 4.72. The molecular weight excluding hydrogens is 214 g/mol. The fourth-order valence-corrected chi connectivity index (χ4v) is 1.48. The Morgan fingerprint density at radius 2 is 2.47 bits per heavy atom. The van der Waals surface area contributed by atoms with Gasteiger partial charge in [-0.15, -0.1) is 0 Å². The van der Waals surface area contributed by atoms with Crippen molar-refractivity contribution in [2.45, 2.75) is 19.5 Å². The van der Waals surface area contributed by atoms with Crippen molar-refractivity contribution < 1.29 is 4.42 Å². The molecule has 0 saturated heterocycles. The number of nitrogens with zero attached hydrogens (tertiary/aromatic N) is 1. The van der Waals surface area contributed by atoms with Gasteiger partial charge in [-0.3, -0.25) is 5.10 Å². The summed E-state index contributed by atoms with van der Waals surface area (Å²) in [4.78, 5) is 0. The Labute approximate surface area is 92.6 Å². The number of H-pyrrole nitrogens is 1. The van der Waals surface area contributed by atoms with E-state index >= 15 is 0 Å². The Morgan fingerprint density at radius 3 is 3.07 bits per heavy atom. The Morgan fingerprint density at radius 1 is 1.60 bits per heavy atom. The van der Waals surface area contributed by atoms with Crippen molar-refractivity contribution in [1.29, 1.82) is 0 Å². The molecule has 0 radical (unpaired) electrons. The number of furan rings is 1. The molecule has 2 aromatic heterocycles. The smallest absolute Gasteiger partial charge is 0.193 e. The van der Waals surface area contributed by atoms with E-state index in [1.807, 2.05) is 12.3 Å². The van der Waals surface area contributed by atoms with Crippen molar-refractivity contribution in [3.8, 4) is 0 Å². The molecule has 80 valence electrons. The Hall–Kier alpha value is -1.26. The lowest BCUT2D eigenvalue weighted by atomic mass is 10.2. The van der Waals surface area contributed by atoms with Gasteiger partial charge in [0.15, 0.2) is 5.22 Å². The number of hydrogen-bond donors (Lipinski definition) is 2. The number of aromatic nitrogens is 2. The van der Waals surface area contributed by atoms with E-state index in [0.717, 1.165) is 11.3 Å². The highest BCUT2D eigenvalue weighted by molar-refractivity contribution is 6.28. The molecule has 0 fully saturated rings. The molecule has 0 spiro atoms. The number of rotatable bonds is 4. The maximum absolute atomic E-state index is 5.67. The van der Waals surface area contributed by atoms with Crippen molar-refractivity contribution in [1.82, 2.24) is 15.5 Å². The monoisotopic (exact) mass is 225 g/mol. The molecule has 0 aliphatic rings. The van der Waals surface area contributed by atoms with Crippen LogP contribution < -0.4 is 5.32 Å². The Balaban J connectivity index is 1.88. The zero-order valence-corrected chi connectivity index (χ0v) is 9.08. The summed E-state index contributed by atoms with van der Waals surface area (Å²) in [5.41, 5.74) is 1.12. The van der Waals surface area contributed by atoms with Crippen molar-refractivity contribution in [3.63, 3.8) is 0 Å². The van der Waals surface area contributed by atoms with Crippen LogP contribution in [0.1, 0.15) is 24.3 Å². The summed E-state index contributed by atoms with van der Waals surface area (Å²) in [5, 5.41) is 10.4. The van der Waals surface area contributed by atoms with Crippen molar-refractivity contribution in [3.05, 3.63) is 41.1 Å². The van der Waals surface area contributed by atoms with Gasteiger partial charge in [0.25, 0.3) is 0 Å². The number of hydrogen-bond acceptors (Lipinski definition) is 3. The SMILES string of the molecule is CC(NCc1ccc(Cl)o1)c1cn[nH]c1. The van der Waals surface area contributed by atoms with E-state index in [9.17, 15) is 0 Å². The van der Waals surface area contributed by atoms with E-state index in [4.69, 9.17) is 16.0 Å². The zero-order chi connectivity index (χ0) is 10.7. The minimum Gasteiger partial charge on any atom is -0.448 e.